The number of aromatic carboxylic acids is 1. The Kier molecular flexibility index (Phi) is 5.41. The Balaban J connectivity index is 1.56. The maximum atomic E-state index is 12.4. The van der Waals surface area contributed by atoms with Crippen molar-refractivity contribution in [2.24, 2.45) is 0 Å². The van der Waals surface area contributed by atoms with Crippen molar-refractivity contribution in [1.82, 2.24) is 4.90 Å². The minimum atomic E-state index is -0.934. The van der Waals surface area contributed by atoms with Crippen LogP contribution in [0.3, 0.4) is 0 Å². The Bertz CT molecular complexity index is 761. The van der Waals surface area contributed by atoms with Gasteiger partial charge in [-0.3, -0.25) is 0 Å². The molecule has 1 unspecified atom stereocenters. The van der Waals surface area contributed by atoms with Crippen LogP contribution < -0.4 is 4.90 Å². The average molecular weight is 354 g/mol. The predicted molar refractivity (Wildman–Crippen MR) is 98.4 cm³/mol. The van der Waals surface area contributed by atoms with Gasteiger partial charge in [0.1, 0.15) is 6.61 Å². The topological polar surface area (TPSA) is 70.1 Å². The van der Waals surface area contributed by atoms with Gasteiger partial charge in [-0.15, -0.1) is 0 Å². The van der Waals surface area contributed by atoms with E-state index in [9.17, 15) is 9.59 Å². The van der Waals surface area contributed by atoms with E-state index in [1.54, 1.807) is 29.2 Å². The summed E-state index contributed by atoms with van der Waals surface area (Å²) < 4.78 is 5.42. The zero-order valence-electron chi connectivity index (χ0n) is 14.7. The molecule has 26 heavy (non-hydrogen) atoms. The number of carboxylic acid groups (broad SMARTS) is 1. The van der Waals surface area contributed by atoms with Crippen molar-refractivity contribution in [3.8, 4) is 0 Å². The summed E-state index contributed by atoms with van der Waals surface area (Å²) in [6.07, 6.45) is -0.303. The van der Waals surface area contributed by atoms with Crippen molar-refractivity contribution in [3.63, 3.8) is 0 Å². The maximum Gasteiger partial charge on any atom is 0.410 e. The van der Waals surface area contributed by atoms with Gasteiger partial charge >= 0.3 is 12.1 Å². The number of ether oxygens (including phenoxy) is 1. The molecule has 1 heterocycles. The zero-order valence-corrected chi connectivity index (χ0v) is 14.7. The highest BCUT2D eigenvalue weighted by Gasteiger charge is 2.28. The quantitative estimate of drug-likeness (QED) is 0.913. The molecular weight excluding hydrogens is 332 g/mol. The van der Waals surface area contributed by atoms with Crippen LogP contribution in [-0.2, 0) is 11.3 Å². The molecule has 1 aliphatic heterocycles. The van der Waals surface area contributed by atoms with E-state index >= 15 is 0 Å². The van der Waals surface area contributed by atoms with Gasteiger partial charge in [-0.2, -0.15) is 0 Å². The van der Waals surface area contributed by atoms with Crippen LogP contribution in [0.25, 0.3) is 0 Å². The summed E-state index contributed by atoms with van der Waals surface area (Å²) in [6.45, 7) is 4.17. The number of hydrogen-bond acceptors (Lipinski definition) is 4. The minimum absolute atomic E-state index is 0.00572. The van der Waals surface area contributed by atoms with E-state index in [0.29, 0.717) is 19.6 Å². The van der Waals surface area contributed by atoms with Crippen LogP contribution in [0.5, 0.6) is 0 Å². The van der Waals surface area contributed by atoms with E-state index in [1.165, 1.54) is 0 Å². The monoisotopic (exact) mass is 354 g/mol. The van der Waals surface area contributed by atoms with Crippen molar-refractivity contribution in [3.05, 3.63) is 65.7 Å². The van der Waals surface area contributed by atoms with Gasteiger partial charge in [0.2, 0.25) is 0 Å². The summed E-state index contributed by atoms with van der Waals surface area (Å²) in [4.78, 5) is 27.2. The van der Waals surface area contributed by atoms with Crippen LogP contribution in [0.15, 0.2) is 54.6 Å². The van der Waals surface area contributed by atoms with E-state index in [0.717, 1.165) is 11.3 Å². The zero-order chi connectivity index (χ0) is 18.5. The minimum Gasteiger partial charge on any atom is -0.478 e. The summed E-state index contributed by atoms with van der Waals surface area (Å²) in [5.41, 5.74) is 2.19. The van der Waals surface area contributed by atoms with Crippen LogP contribution in [0.1, 0.15) is 22.8 Å². The van der Waals surface area contributed by atoms with Gasteiger partial charge in [-0.05, 0) is 36.8 Å². The second-order valence-electron chi connectivity index (χ2n) is 6.38. The normalized spacial score (nSPS) is 17.0. The second-order valence-corrected chi connectivity index (χ2v) is 6.38. The molecule has 3 rings (SSSR count). The van der Waals surface area contributed by atoms with E-state index in [4.69, 9.17) is 9.84 Å². The highest BCUT2D eigenvalue weighted by Crippen LogP contribution is 2.20. The van der Waals surface area contributed by atoms with Gasteiger partial charge < -0.3 is 19.6 Å². The van der Waals surface area contributed by atoms with Crippen molar-refractivity contribution in [2.45, 2.75) is 19.6 Å². The lowest BCUT2D eigenvalue weighted by Crippen LogP contribution is -2.54. The average Bonchev–Trinajstić information content (AvgIpc) is 2.67. The molecule has 0 radical (unpaired) electrons. The molecular formula is C20H22N2O4. The Hall–Kier alpha value is -3.02. The third-order valence-corrected chi connectivity index (χ3v) is 4.55. The SMILES string of the molecule is CC1CN(c2ccc(C(=O)O)cc2)CCN1C(=O)OCc1ccccc1. The first-order valence-corrected chi connectivity index (χ1v) is 8.60. The van der Waals surface area contributed by atoms with Crippen LogP contribution in [0, 0.1) is 0 Å². The Labute approximate surface area is 152 Å². The maximum absolute atomic E-state index is 12.4. The standard InChI is InChI=1S/C20H22N2O4/c1-15-13-21(18-9-7-17(8-10-18)19(23)24)11-12-22(15)20(25)26-14-16-5-3-2-4-6-16/h2-10,15H,11-14H2,1H3,(H,23,24). The molecule has 136 valence electrons. The van der Waals surface area contributed by atoms with E-state index < -0.39 is 5.97 Å². The Morgan fingerprint density at radius 2 is 1.77 bits per heavy atom. The molecule has 1 amide bonds. The van der Waals surface area contributed by atoms with Gasteiger partial charge in [0, 0.05) is 31.4 Å². The largest absolute Gasteiger partial charge is 0.478 e. The fraction of sp³-hybridized carbons (Fsp3) is 0.300. The number of anilines is 1. The summed E-state index contributed by atoms with van der Waals surface area (Å²) in [6, 6.07) is 16.4. The molecule has 1 saturated heterocycles. The number of nitrogens with zero attached hydrogens (tertiary/aromatic N) is 2. The molecule has 1 fully saturated rings. The van der Waals surface area contributed by atoms with Gasteiger partial charge in [0.15, 0.2) is 0 Å². The van der Waals surface area contributed by atoms with Gasteiger partial charge in [-0.25, -0.2) is 9.59 Å². The summed E-state index contributed by atoms with van der Waals surface area (Å²) in [7, 11) is 0. The number of rotatable bonds is 4. The lowest BCUT2D eigenvalue weighted by molar-refractivity contribution is 0.0696. The van der Waals surface area contributed by atoms with Crippen molar-refractivity contribution in [1.29, 1.82) is 0 Å². The van der Waals surface area contributed by atoms with Crippen molar-refractivity contribution < 1.29 is 19.4 Å². The summed E-state index contributed by atoms with van der Waals surface area (Å²) in [5, 5.41) is 8.99. The number of carboxylic acids is 1. The van der Waals surface area contributed by atoms with Crippen LogP contribution in [0.4, 0.5) is 10.5 Å². The summed E-state index contributed by atoms with van der Waals surface area (Å²) >= 11 is 0. The van der Waals surface area contributed by atoms with Gasteiger partial charge in [0.25, 0.3) is 0 Å². The second kappa shape index (κ2) is 7.91. The number of carbonyl (C=O) groups is 2. The fourth-order valence-electron chi connectivity index (χ4n) is 3.08. The number of amides is 1. The van der Waals surface area contributed by atoms with Gasteiger partial charge in [-0.1, -0.05) is 30.3 Å². The molecule has 0 spiro atoms. The molecule has 0 aromatic heterocycles. The lowest BCUT2D eigenvalue weighted by Gasteiger charge is -2.40. The molecule has 2 aromatic rings. The first kappa shape index (κ1) is 17.8. The first-order chi connectivity index (χ1) is 12.5. The predicted octanol–water partition coefficient (Wildman–Crippen LogP) is 3.23. The highest BCUT2D eigenvalue weighted by atomic mass is 16.6. The fourth-order valence-corrected chi connectivity index (χ4v) is 3.08. The molecule has 6 heteroatoms. The van der Waals surface area contributed by atoms with Crippen LogP contribution >= 0.6 is 0 Å². The molecule has 0 aliphatic carbocycles. The molecule has 6 nitrogen and oxygen atoms in total. The number of benzene rings is 2. The molecule has 1 N–H and O–H groups in total. The van der Waals surface area contributed by atoms with Crippen molar-refractivity contribution in [2.75, 3.05) is 24.5 Å². The third-order valence-electron chi connectivity index (χ3n) is 4.55. The van der Waals surface area contributed by atoms with Crippen LogP contribution in [-0.4, -0.2) is 47.7 Å². The number of carbonyl (C=O) groups excluding carboxylic acids is 1. The first-order valence-electron chi connectivity index (χ1n) is 8.60. The molecule has 1 aliphatic rings. The third kappa shape index (κ3) is 4.14. The molecule has 0 bridgehead atoms. The van der Waals surface area contributed by atoms with E-state index in [-0.39, 0.29) is 24.3 Å². The Morgan fingerprint density at radius 1 is 1.08 bits per heavy atom. The lowest BCUT2D eigenvalue weighted by atomic mass is 10.1. The van der Waals surface area contributed by atoms with E-state index in [2.05, 4.69) is 4.90 Å². The Morgan fingerprint density at radius 3 is 2.38 bits per heavy atom. The molecule has 0 saturated carbocycles. The molecule has 1 atom stereocenters. The van der Waals surface area contributed by atoms with Crippen LogP contribution in [0.2, 0.25) is 0 Å². The van der Waals surface area contributed by atoms with Crippen molar-refractivity contribution >= 4 is 17.7 Å². The summed E-state index contributed by atoms with van der Waals surface area (Å²) in [5.74, 6) is -0.934. The van der Waals surface area contributed by atoms with E-state index in [1.807, 2.05) is 37.3 Å². The highest BCUT2D eigenvalue weighted by molar-refractivity contribution is 5.88. The van der Waals surface area contributed by atoms with Gasteiger partial charge in [0.05, 0.1) is 5.56 Å². The number of hydrogen-bond donors (Lipinski definition) is 1. The number of piperazine rings is 1. The molecule has 2 aromatic carbocycles. The smallest absolute Gasteiger partial charge is 0.410 e.